The number of nitrogens with zero attached hydrogens (tertiary/aromatic N) is 1. The predicted octanol–water partition coefficient (Wildman–Crippen LogP) is 1.85. The summed E-state index contributed by atoms with van der Waals surface area (Å²) in [7, 11) is 3.03. The number of methoxy groups -OCH3 is 2. The number of rotatable bonds is 8. The minimum atomic E-state index is -0.601. The molecule has 10 heteroatoms. The van der Waals surface area contributed by atoms with Gasteiger partial charge in [-0.25, -0.2) is 0 Å². The summed E-state index contributed by atoms with van der Waals surface area (Å²) in [4.78, 5) is 33.5. The highest BCUT2D eigenvalue weighted by Gasteiger charge is 2.07. The molecule has 0 aliphatic carbocycles. The summed E-state index contributed by atoms with van der Waals surface area (Å²) in [5, 5.41) is 10.6. The van der Waals surface area contributed by atoms with Crippen LogP contribution in [0.15, 0.2) is 48.5 Å². The number of carbonyl (C=O) groups is 2. The van der Waals surface area contributed by atoms with E-state index in [0.29, 0.717) is 17.1 Å². The molecule has 0 radical (unpaired) electrons. The molecule has 0 saturated heterocycles. The second kappa shape index (κ2) is 10.3. The number of nitro groups is 1. The lowest BCUT2D eigenvalue weighted by Gasteiger charge is -2.08. The van der Waals surface area contributed by atoms with E-state index in [1.807, 2.05) is 0 Å². The van der Waals surface area contributed by atoms with Gasteiger partial charge in [-0.05, 0) is 35.9 Å². The molecule has 2 aromatic rings. The highest BCUT2D eigenvalue weighted by molar-refractivity contribution is 5.93. The first-order chi connectivity index (χ1) is 13.9. The molecule has 0 aromatic heterocycles. The highest BCUT2D eigenvalue weighted by Crippen LogP contribution is 2.27. The molecular formula is C19H19N3O7. The minimum absolute atomic E-state index is 0.0877. The first-order valence-corrected chi connectivity index (χ1v) is 8.29. The van der Waals surface area contributed by atoms with Crippen LogP contribution in [0.1, 0.15) is 5.56 Å². The maximum atomic E-state index is 11.8. The van der Waals surface area contributed by atoms with E-state index in [9.17, 15) is 19.7 Å². The van der Waals surface area contributed by atoms with Gasteiger partial charge in [0.1, 0.15) is 5.75 Å². The van der Waals surface area contributed by atoms with E-state index in [1.165, 1.54) is 50.6 Å². The van der Waals surface area contributed by atoms with Crippen molar-refractivity contribution < 1.29 is 28.7 Å². The summed E-state index contributed by atoms with van der Waals surface area (Å²) in [6, 6.07) is 10.4. The van der Waals surface area contributed by atoms with Crippen molar-refractivity contribution in [2.45, 2.75) is 0 Å². The molecular weight excluding hydrogens is 382 g/mol. The molecule has 2 aromatic carbocycles. The van der Waals surface area contributed by atoms with Gasteiger partial charge in [-0.3, -0.25) is 30.6 Å². The number of non-ortho nitro benzene ring substituents is 1. The van der Waals surface area contributed by atoms with Gasteiger partial charge < -0.3 is 14.2 Å². The Labute approximate surface area is 166 Å². The number of nitro benzene ring substituents is 1. The molecule has 10 nitrogen and oxygen atoms in total. The van der Waals surface area contributed by atoms with Crippen molar-refractivity contribution in [2.75, 3.05) is 20.8 Å². The number of carbonyl (C=O) groups excluding carboxylic acids is 2. The molecule has 0 atom stereocenters. The van der Waals surface area contributed by atoms with Gasteiger partial charge in [0.05, 0.1) is 19.1 Å². The molecule has 0 bridgehead atoms. The summed E-state index contributed by atoms with van der Waals surface area (Å²) in [5.41, 5.74) is 5.02. The number of ether oxygens (including phenoxy) is 3. The van der Waals surface area contributed by atoms with Crippen LogP contribution >= 0.6 is 0 Å². The Hall–Kier alpha value is -4.08. The summed E-state index contributed by atoms with van der Waals surface area (Å²) in [5.74, 6) is 0.214. The fourth-order valence-corrected chi connectivity index (χ4v) is 2.15. The number of amides is 2. The van der Waals surface area contributed by atoms with Gasteiger partial charge in [-0.15, -0.1) is 0 Å². The summed E-state index contributed by atoms with van der Waals surface area (Å²) >= 11 is 0. The zero-order valence-corrected chi connectivity index (χ0v) is 15.7. The molecule has 2 amide bonds. The third kappa shape index (κ3) is 6.54. The number of hydrogen-bond acceptors (Lipinski definition) is 7. The third-order valence-electron chi connectivity index (χ3n) is 3.58. The smallest absolute Gasteiger partial charge is 0.276 e. The lowest BCUT2D eigenvalue weighted by Crippen LogP contribution is -2.43. The van der Waals surface area contributed by atoms with Gasteiger partial charge >= 0.3 is 0 Å². The quantitative estimate of drug-likeness (QED) is 0.392. The first kappa shape index (κ1) is 21.2. The van der Waals surface area contributed by atoms with Gasteiger partial charge in [0.15, 0.2) is 18.1 Å². The largest absolute Gasteiger partial charge is 0.493 e. The van der Waals surface area contributed by atoms with Crippen LogP contribution in [-0.4, -0.2) is 37.6 Å². The topological polar surface area (TPSA) is 129 Å². The van der Waals surface area contributed by atoms with Crippen LogP contribution in [0.3, 0.4) is 0 Å². The van der Waals surface area contributed by atoms with Crippen molar-refractivity contribution in [3.05, 3.63) is 64.2 Å². The standard InChI is InChI=1S/C19H19N3O7/c1-27-16-9-3-13(11-17(16)28-2)4-10-18(23)20-21-19(24)12-29-15-7-5-14(6-8-15)22(25)26/h3-11H,12H2,1-2H3,(H,20,23)(H,21,24)/b10-4+. The van der Waals surface area contributed by atoms with Crippen LogP contribution in [0.5, 0.6) is 17.2 Å². The fourth-order valence-electron chi connectivity index (χ4n) is 2.15. The van der Waals surface area contributed by atoms with Crippen molar-refractivity contribution in [3.8, 4) is 17.2 Å². The van der Waals surface area contributed by atoms with Crippen LogP contribution in [0, 0.1) is 10.1 Å². The van der Waals surface area contributed by atoms with E-state index < -0.39 is 16.7 Å². The molecule has 2 rings (SSSR count). The van der Waals surface area contributed by atoms with Gasteiger partial charge in [0, 0.05) is 18.2 Å². The SMILES string of the molecule is COc1ccc(/C=C/C(=O)NNC(=O)COc2ccc([N+](=O)[O-])cc2)cc1OC. The Morgan fingerprint density at radius 2 is 1.72 bits per heavy atom. The number of hydrogen-bond donors (Lipinski definition) is 2. The van der Waals surface area contributed by atoms with Crippen molar-refractivity contribution in [1.29, 1.82) is 0 Å². The molecule has 0 aliphatic heterocycles. The number of hydrazine groups is 1. The van der Waals surface area contributed by atoms with Crippen LogP contribution in [0.2, 0.25) is 0 Å². The molecule has 0 heterocycles. The summed E-state index contributed by atoms with van der Waals surface area (Å²) in [6.45, 7) is -0.377. The van der Waals surface area contributed by atoms with E-state index in [1.54, 1.807) is 18.2 Å². The van der Waals surface area contributed by atoms with Gasteiger partial charge in [0.2, 0.25) is 0 Å². The monoisotopic (exact) mass is 401 g/mol. The van der Waals surface area contributed by atoms with Crippen LogP contribution in [-0.2, 0) is 9.59 Å². The normalized spacial score (nSPS) is 10.3. The lowest BCUT2D eigenvalue weighted by molar-refractivity contribution is -0.384. The Morgan fingerprint density at radius 1 is 1.03 bits per heavy atom. The first-order valence-electron chi connectivity index (χ1n) is 8.29. The fraction of sp³-hybridized carbons (Fsp3) is 0.158. The van der Waals surface area contributed by atoms with Gasteiger partial charge in [-0.2, -0.15) is 0 Å². The lowest BCUT2D eigenvalue weighted by atomic mass is 10.2. The van der Waals surface area contributed by atoms with E-state index in [2.05, 4.69) is 10.9 Å². The molecule has 0 fully saturated rings. The zero-order valence-electron chi connectivity index (χ0n) is 15.7. The molecule has 0 saturated carbocycles. The Bertz CT molecular complexity index is 911. The molecule has 29 heavy (non-hydrogen) atoms. The van der Waals surface area contributed by atoms with Crippen LogP contribution < -0.4 is 25.1 Å². The van der Waals surface area contributed by atoms with E-state index in [4.69, 9.17) is 14.2 Å². The second-order valence-corrected chi connectivity index (χ2v) is 5.52. The Kier molecular flexibility index (Phi) is 7.54. The Morgan fingerprint density at radius 3 is 2.34 bits per heavy atom. The van der Waals surface area contributed by atoms with Crippen molar-refractivity contribution in [3.63, 3.8) is 0 Å². The summed E-state index contributed by atoms with van der Waals surface area (Å²) in [6.07, 6.45) is 2.77. The van der Waals surface area contributed by atoms with Crippen LogP contribution in [0.25, 0.3) is 6.08 Å². The van der Waals surface area contributed by atoms with E-state index in [-0.39, 0.29) is 18.0 Å². The Balaban J connectivity index is 1.78. The molecule has 0 unspecified atom stereocenters. The molecule has 152 valence electrons. The number of benzene rings is 2. The summed E-state index contributed by atoms with van der Waals surface area (Å²) < 4.78 is 15.5. The zero-order chi connectivity index (χ0) is 21.2. The van der Waals surface area contributed by atoms with Crippen molar-refractivity contribution in [1.82, 2.24) is 10.9 Å². The highest BCUT2D eigenvalue weighted by atomic mass is 16.6. The average molecular weight is 401 g/mol. The van der Waals surface area contributed by atoms with E-state index >= 15 is 0 Å². The molecule has 0 spiro atoms. The minimum Gasteiger partial charge on any atom is -0.493 e. The van der Waals surface area contributed by atoms with Crippen molar-refractivity contribution >= 4 is 23.6 Å². The molecule has 0 aliphatic rings. The van der Waals surface area contributed by atoms with Crippen LogP contribution in [0.4, 0.5) is 5.69 Å². The molecule has 2 N–H and O–H groups in total. The average Bonchev–Trinajstić information content (AvgIpc) is 2.74. The predicted molar refractivity (Wildman–Crippen MR) is 103 cm³/mol. The second-order valence-electron chi connectivity index (χ2n) is 5.52. The van der Waals surface area contributed by atoms with Gasteiger partial charge in [-0.1, -0.05) is 6.07 Å². The maximum absolute atomic E-state index is 11.8. The third-order valence-corrected chi connectivity index (χ3v) is 3.58. The van der Waals surface area contributed by atoms with Crippen molar-refractivity contribution in [2.24, 2.45) is 0 Å². The van der Waals surface area contributed by atoms with Gasteiger partial charge in [0.25, 0.3) is 17.5 Å². The van der Waals surface area contributed by atoms with E-state index in [0.717, 1.165) is 0 Å². The number of nitrogens with one attached hydrogen (secondary N) is 2. The maximum Gasteiger partial charge on any atom is 0.276 e.